The summed E-state index contributed by atoms with van der Waals surface area (Å²) in [6.07, 6.45) is 2.93. The van der Waals surface area contributed by atoms with Crippen LogP contribution in [0, 0.1) is 11.8 Å². The van der Waals surface area contributed by atoms with Gasteiger partial charge in [-0.1, -0.05) is 18.1 Å². The quantitative estimate of drug-likeness (QED) is 0.555. The molecule has 0 radical (unpaired) electrons. The molecule has 3 saturated heterocycles. The van der Waals surface area contributed by atoms with Crippen molar-refractivity contribution in [3.63, 3.8) is 0 Å². The molecule has 0 saturated carbocycles. The summed E-state index contributed by atoms with van der Waals surface area (Å²) in [4.78, 5) is 9.01. The maximum Gasteiger partial charge on any atom is 0.169 e. The SMILES string of the molecule is NCC#Cc1cc(N2C3CC2CN(c2cc(-c4ccccc4O)nnc2N)C3)ccn1. The maximum absolute atomic E-state index is 10.2. The smallest absolute Gasteiger partial charge is 0.169 e. The molecule has 3 aromatic rings. The fraction of sp³-hybridized carbons (Fsp3) is 0.261. The number of nitrogens with two attached hydrogens (primary N) is 2. The third kappa shape index (κ3) is 3.49. The molecule has 0 spiro atoms. The van der Waals surface area contributed by atoms with E-state index in [-0.39, 0.29) is 5.75 Å². The van der Waals surface area contributed by atoms with E-state index in [9.17, 15) is 5.11 Å². The number of anilines is 3. The molecule has 2 bridgehead atoms. The van der Waals surface area contributed by atoms with Crippen molar-refractivity contribution in [2.75, 3.05) is 35.2 Å². The molecule has 6 rings (SSSR count). The Morgan fingerprint density at radius 3 is 2.68 bits per heavy atom. The van der Waals surface area contributed by atoms with Crippen LogP contribution in [0.1, 0.15) is 12.1 Å². The topological polar surface area (TPSA) is 117 Å². The van der Waals surface area contributed by atoms with E-state index < -0.39 is 0 Å². The van der Waals surface area contributed by atoms with Gasteiger partial charge < -0.3 is 26.4 Å². The fourth-order valence-corrected chi connectivity index (χ4v) is 4.48. The van der Waals surface area contributed by atoms with E-state index in [1.54, 1.807) is 18.3 Å². The normalized spacial score (nSPS) is 19.4. The van der Waals surface area contributed by atoms with Crippen molar-refractivity contribution in [2.45, 2.75) is 18.5 Å². The Labute approximate surface area is 180 Å². The number of pyridine rings is 1. The van der Waals surface area contributed by atoms with E-state index in [2.05, 4.69) is 36.8 Å². The monoisotopic (exact) mass is 413 g/mol. The highest BCUT2D eigenvalue weighted by molar-refractivity contribution is 5.74. The number of rotatable bonds is 3. The van der Waals surface area contributed by atoms with Gasteiger partial charge in [0.15, 0.2) is 5.82 Å². The van der Waals surface area contributed by atoms with Crippen molar-refractivity contribution in [1.82, 2.24) is 15.2 Å². The first-order chi connectivity index (χ1) is 15.1. The van der Waals surface area contributed by atoms with Crippen LogP contribution in [0.15, 0.2) is 48.7 Å². The Balaban J connectivity index is 1.38. The molecule has 2 aromatic heterocycles. The van der Waals surface area contributed by atoms with Gasteiger partial charge in [0, 0.05) is 42.6 Å². The number of benzene rings is 1. The standard InChI is InChI=1S/C23H23N7O/c24-8-3-4-15-10-16(7-9-26-15)30-17-11-18(30)14-29(13-17)21-12-20(27-28-23(21)25)19-5-1-2-6-22(19)31/h1-2,5-7,9-10,12,17-18,31H,8,11,13-14,24H2,(H2,25,28). The minimum Gasteiger partial charge on any atom is -0.507 e. The molecule has 3 fully saturated rings. The summed E-state index contributed by atoms with van der Waals surface area (Å²) in [6, 6.07) is 13.8. The largest absolute Gasteiger partial charge is 0.507 e. The second-order valence-corrected chi connectivity index (χ2v) is 7.78. The molecule has 0 amide bonds. The molecule has 8 heteroatoms. The van der Waals surface area contributed by atoms with Gasteiger partial charge in [-0.3, -0.25) is 0 Å². The summed E-state index contributed by atoms with van der Waals surface area (Å²) in [6.45, 7) is 1.98. The minimum atomic E-state index is 0.173. The molecular weight excluding hydrogens is 390 g/mol. The first-order valence-electron chi connectivity index (χ1n) is 10.2. The number of phenols is 1. The zero-order valence-corrected chi connectivity index (χ0v) is 16.9. The molecule has 5 N–H and O–H groups in total. The molecule has 3 aliphatic heterocycles. The lowest BCUT2D eigenvalue weighted by Crippen LogP contribution is -2.69. The average Bonchev–Trinajstić information content (AvgIpc) is 2.79. The Kier molecular flexibility index (Phi) is 4.81. The number of hydrogen-bond donors (Lipinski definition) is 3. The Hall–Kier alpha value is -3.83. The van der Waals surface area contributed by atoms with Gasteiger partial charge in [0.25, 0.3) is 0 Å². The zero-order valence-electron chi connectivity index (χ0n) is 16.9. The first-order valence-corrected chi connectivity index (χ1v) is 10.2. The minimum absolute atomic E-state index is 0.173. The predicted octanol–water partition coefficient (Wildman–Crippen LogP) is 1.60. The molecule has 0 aliphatic carbocycles. The zero-order chi connectivity index (χ0) is 21.4. The number of fused-ring (bicyclic) bond motifs is 2. The summed E-state index contributed by atoms with van der Waals surface area (Å²) in [7, 11) is 0. The second kappa shape index (κ2) is 7.78. The van der Waals surface area contributed by atoms with Crippen molar-refractivity contribution < 1.29 is 5.11 Å². The summed E-state index contributed by atoms with van der Waals surface area (Å²) in [5, 5.41) is 18.5. The van der Waals surface area contributed by atoms with Gasteiger partial charge in [0.1, 0.15) is 11.4 Å². The number of piperazine rings is 1. The predicted molar refractivity (Wildman–Crippen MR) is 121 cm³/mol. The van der Waals surface area contributed by atoms with E-state index in [4.69, 9.17) is 11.5 Å². The van der Waals surface area contributed by atoms with Gasteiger partial charge in [-0.05, 0) is 42.7 Å². The average molecular weight is 413 g/mol. The van der Waals surface area contributed by atoms with Crippen LogP contribution in [0.5, 0.6) is 5.75 Å². The summed E-state index contributed by atoms with van der Waals surface area (Å²) < 4.78 is 0. The highest BCUT2D eigenvalue weighted by Gasteiger charge is 2.45. The van der Waals surface area contributed by atoms with E-state index in [0.717, 1.165) is 36.6 Å². The van der Waals surface area contributed by atoms with Crippen LogP contribution < -0.4 is 21.3 Å². The van der Waals surface area contributed by atoms with E-state index in [0.29, 0.717) is 35.7 Å². The Morgan fingerprint density at radius 1 is 1.10 bits per heavy atom. The molecule has 8 nitrogen and oxygen atoms in total. The van der Waals surface area contributed by atoms with Crippen LogP contribution in [-0.4, -0.2) is 52.0 Å². The lowest BCUT2D eigenvalue weighted by Gasteiger charge is -2.58. The number of aromatic nitrogens is 3. The number of phenolic OH excluding ortho intramolecular Hbond substituents is 1. The molecule has 3 aliphatic rings. The van der Waals surface area contributed by atoms with E-state index >= 15 is 0 Å². The van der Waals surface area contributed by atoms with Gasteiger partial charge in [0.2, 0.25) is 0 Å². The van der Waals surface area contributed by atoms with Crippen LogP contribution in [0.4, 0.5) is 17.2 Å². The molecule has 31 heavy (non-hydrogen) atoms. The van der Waals surface area contributed by atoms with Crippen LogP contribution in [-0.2, 0) is 0 Å². The van der Waals surface area contributed by atoms with Crippen molar-refractivity contribution in [2.24, 2.45) is 5.73 Å². The fourth-order valence-electron chi connectivity index (χ4n) is 4.48. The van der Waals surface area contributed by atoms with Gasteiger partial charge in [-0.25, -0.2) is 4.98 Å². The van der Waals surface area contributed by atoms with Gasteiger partial charge in [0.05, 0.1) is 17.9 Å². The second-order valence-electron chi connectivity index (χ2n) is 7.78. The van der Waals surface area contributed by atoms with Crippen molar-refractivity contribution in [3.8, 4) is 28.8 Å². The summed E-state index contributed by atoms with van der Waals surface area (Å²) in [5.41, 5.74) is 15.6. The number of aromatic hydroxyl groups is 1. The number of nitrogens with zero attached hydrogens (tertiary/aromatic N) is 5. The van der Waals surface area contributed by atoms with E-state index in [1.165, 1.54) is 0 Å². The highest BCUT2D eigenvalue weighted by atomic mass is 16.3. The third-order valence-corrected chi connectivity index (χ3v) is 5.88. The number of piperidine rings is 1. The highest BCUT2D eigenvalue weighted by Crippen LogP contribution is 2.40. The molecule has 2 atom stereocenters. The van der Waals surface area contributed by atoms with Crippen LogP contribution in [0.2, 0.25) is 0 Å². The molecular formula is C23H23N7O. The Morgan fingerprint density at radius 2 is 1.90 bits per heavy atom. The van der Waals surface area contributed by atoms with Gasteiger partial charge in [-0.15, -0.1) is 10.2 Å². The maximum atomic E-state index is 10.2. The third-order valence-electron chi connectivity index (χ3n) is 5.88. The number of nitrogen functional groups attached to an aromatic ring is 1. The van der Waals surface area contributed by atoms with Crippen molar-refractivity contribution in [3.05, 3.63) is 54.4 Å². The van der Waals surface area contributed by atoms with Crippen LogP contribution in [0.3, 0.4) is 0 Å². The van der Waals surface area contributed by atoms with Gasteiger partial charge >= 0.3 is 0 Å². The summed E-state index contributed by atoms with van der Waals surface area (Å²) >= 11 is 0. The molecule has 1 aromatic carbocycles. The van der Waals surface area contributed by atoms with E-state index in [1.807, 2.05) is 30.3 Å². The number of hydrogen-bond acceptors (Lipinski definition) is 8. The lowest BCUT2D eigenvalue weighted by molar-refractivity contribution is 0.291. The first kappa shape index (κ1) is 19.2. The van der Waals surface area contributed by atoms with Crippen molar-refractivity contribution in [1.29, 1.82) is 0 Å². The van der Waals surface area contributed by atoms with Crippen LogP contribution >= 0.6 is 0 Å². The van der Waals surface area contributed by atoms with Crippen molar-refractivity contribution >= 4 is 17.2 Å². The Bertz CT molecular complexity index is 1170. The molecule has 156 valence electrons. The van der Waals surface area contributed by atoms with Crippen LogP contribution in [0.25, 0.3) is 11.3 Å². The lowest BCUT2D eigenvalue weighted by atomic mass is 9.86. The number of para-hydroxylation sites is 1. The molecule has 2 unspecified atom stereocenters. The molecule has 5 heterocycles. The van der Waals surface area contributed by atoms with Gasteiger partial charge in [-0.2, -0.15) is 0 Å². The summed E-state index contributed by atoms with van der Waals surface area (Å²) in [5.74, 6) is 6.44.